The summed E-state index contributed by atoms with van der Waals surface area (Å²) in [4.78, 5) is 22.1. The predicted molar refractivity (Wildman–Crippen MR) is 135 cm³/mol. The Morgan fingerprint density at radius 3 is 2.62 bits per heavy atom. The molecule has 0 saturated carbocycles. The third-order valence-electron chi connectivity index (χ3n) is 5.24. The van der Waals surface area contributed by atoms with E-state index < -0.39 is 24.4 Å². The lowest BCUT2D eigenvalue weighted by Gasteiger charge is -2.17. The van der Waals surface area contributed by atoms with Gasteiger partial charge in [0, 0.05) is 56.1 Å². The predicted octanol–water partition coefficient (Wildman–Crippen LogP) is 4.72. The number of ether oxygens (including phenoxy) is 2. The number of halogens is 3. The van der Waals surface area contributed by atoms with Crippen molar-refractivity contribution in [2.24, 2.45) is 0 Å². The molecule has 0 aliphatic heterocycles. The summed E-state index contributed by atoms with van der Waals surface area (Å²) in [5.74, 6) is -2.83. The standard InChI is InChI=1S/C26H24F3N5O3/c1-15(27)37-20-7-4-16(5-8-20)22-23-18(12-32-25(33-23)36-14-26(2,28)29)13-34(24(22)35)19-6-9-21(30)17(10-19)11-31-3/h4-13,15,30-31H,14H2,1-3H3/b17-11-,30-21?. The number of aromatic nitrogens is 3. The number of benzene rings is 1. The van der Waals surface area contributed by atoms with E-state index in [-0.39, 0.29) is 28.6 Å². The van der Waals surface area contributed by atoms with Crippen molar-refractivity contribution in [2.75, 3.05) is 13.7 Å². The molecule has 37 heavy (non-hydrogen) atoms. The van der Waals surface area contributed by atoms with Gasteiger partial charge in [-0.3, -0.25) is 9.36 Å². The number of allylic oxidation sites excluding steroid dienone is 5. The van der Waals surface area contributed by atoms with Gasteiger partial charge in [0.05, 0.1) is 16.8 Å². The van der Waals surface area contributed by atoms with E-state index in [0.717, 1.165) is 0 Å². The lowest BCUT2D eigenvalue weighted by Crippen LogP contribution is -2.23. The first kappa shape index (κ1) is 25.7. The van der Waals surface area contributed by atoms with E-state index in [4.69, 9.17) is 14.9 Å². The number of rotatable bonds is 8. The molecule has 1 aromatic carbocycles. The van der Waals surface area contributed by atoms with Gasteiger partial charge in [-0.2, -0.15) is 4.98 Å². The Kier molecular flexibility index (Phi) is 7.14. The van der Waals surface area contributed by atoms with E-state index in [2.05, 4.69) is 15.3 Å². The molecule has 0 fully saturated rings. The molecule has 0 spiro atoms. The molecule has 1 aliphatic rings. The van der Waals surface area contributed by atoms with Crippen molar-refractivity contribution in [3.05, 3.63) is 77.0 Å². The monoisotopic (exact) mass is 511 g/mol. The van der Waals surface area contributed by atoms with E-state index in [1.54, 1.807) is 43.6 Å². The van der Waals surface area contributed by atoms with Crippen LogP contribution in [0.15, 0.2) is 71.5 Å². The van der Waals surface area contributed by atoms with Crippen LogP contribution < -0.4 is 20.3 Å². The van der Waals surface area contributed by atoms with Crippen LogP contribution in [0, 0.1) is 5.41 Å². The van der Waals surface area contributed by atoms with Crippen LogP contribution in [0.5, 0.6) is 11.8 Å². The highest BCUT2D eigenvalue weighted by Gasteiger charge is 2.24. The Balaban J connectivity index is 1.91. The Morgan fingerprint density at radius 1 is 1.24 bits per heavy atom. The minimum absolute atomic E-state index is 0.155. The molecule has 1 aliphatic carbocycles. The molecule has 1 atom stereocenters. The number of nitrogens with zero attached hydrogens (tertiary/aromatic N) is 3. The zero-order valence-corrected chi connectivity index (χ0v) is 20.3. The SMILES string of the molecule is CN/C=C1/C=C(n2cc3cnc(OCC(C)(F)F)nc3c(-c3ccc(OC(C)F)cc3)c2=O)C=CC1=N. The maximum atomic E-state index is 13.8. The van der Waals surface area contributed by atoms with Crippen molar-refractivity contribution in [1.29, 1.82) is 5.41 Å². The van der Waals surface area contributed by atoms with Crippen LogP contribution in [0.1, 0.15) is 13.8 Å². The second-order valence-corrected chi connectivity index (χ2v) is 8.38. The largest absolute Gasteiger partial charge is 0.461 e. The molecule has 4 rings (SSSR count). The molecule has 0 bridgehead atoms. The minimum atomic E-state index is -3.10. The summed E-state index contributed by atoms with van der Waals surface area (Å²) >= 11 is 0. The van der Waals surface area contributed by atoms with Gasteiger partial charge in [-0.15, -0.1) is 0 Å². The van der Waals surface area contributed by atoms with Gasteiger partial charge in [0.15, 0.2) is 6.61 Å². The van der Waals surface area contributed by atoms with Crippen molar-refractivity contribution in [3.8, 4) is 22.9 Å². The average molecular weight is 512 g/mol. The molecule has 2 aromatic heterocycles. The quantitative estimate of drug-likeness (QED) is 0.454. The Hall–Kier alpha value is -4.41. The summed E-state index contributed by atoms with van der Waals surface area (Å²) in [6.07, 6.45) is 7.91. The molecule has 2 N–H and O–H groups in total. The van der Waals surface area contributed by atoms with Crippen molar-refractivity contribution in [2.45, 2.75) is 26.1 Å². The lowest BCUT2D eigenvalue weighted by atomic mass is 10.0. The number of hydrogen-bond acceptors (Lipinski definition) is 7. The normalized spacial score (nSPS) is 15.6. The summed E-state index contributed by atoms with van der Waals surface area (Å²) in [7, 11) is 1.70. The molecule has 0 radical (unpaired) electrons. The maximum Gasteiger partial charge on any atom is 0.317 e. The molecule has 192 valence electrons. The smallest absolute Gasteiger partial charge is 0.317 e. The first-order valence-electron chi connectivity index (χ1n) is 11.3. The Labute approximate surface area is 210 Å². The zero-order chi connectivity index (χ0) is 26.7. The van der Waals surface area contributed by atoms with Gasteiger partial charge in [-0.05, 0) is 35.9 Å². The lowest BCUT2D eigenvalue weighted by molar-refractivity contribution is -0.0255. The van der Waals surface area contributed by atoms with Gasteiger partial charge < -0.3 is 20.2 Å². The second-order valence-electron chi connectivity index (χ2n) is 8.38. The van der Waals surface area contributed by atoms with Crippen LogP contribution in [-0.4, -0.2) is 46.2 Å². The maximum absolute atomic E-state index is 13.8. The minimum Gasteiger partial charge on any atom is -0.461 e. The summed E-state index contributed by atoms with van der Waals surface area (Å²) in [5, 5.41) is 11.4. The first-order chi connectivity index (χ1) is 17.6. The highest BCUT2D eigenvalue weighted by molar-refractivity contribution is 6.12. The fraction of sp³-hybridized carbons (Fsp3) is 0.231. The van der Waals surface area contributed by atoms with Crippen LogP contribution in [0.2, 0.25) is 0 Å². The van der Waals surface area contributed by atoms with E-state index in [1.807, 2.05) is 0 Å². The molecule has 1 unspecified atom stereocenters. The zero-order valence-electron chi connectivity index (χ0n) is 20.3. The van der Waals surface area contributed by atoms with E-state index in [1.165, 1.54) is 36.0 Å². The van der Waals surface area contributed by atoms with Gasteiger partial charge in [-0.1, -0.05) is 12.1 Å². The summed E-state index contributed by atoms with van der Waals surface area (Å²) in [6.45, 7) is 1.03. The van der Waals surface area contributed by atoms with Gasteiger partial charge >= 0.3 is 6.01 Å². The van der Waals surface area contributed by atoms with Gasteiger partial charge in [-0.25, -0.2) is 18.2 Å². The number of nitrogens with one attached hydrogen (secondary N) is 2. The molecule has 0 saturated heterocycles. The van der Waals surface area contributed by atoms with E-state index in [0.29, 0.717) is 29.1 Å². The third-order valence-corrected chi connectivity index (χ3v) is 5.24. The van der Waals surface area contributed by atoms with Crippen molar-refractivity contribution < 1.29 is 22.6 Å². The molecule has 8 nitrogen and oxygen atoms in total. The summed E-state index contributed by atoms with van der Waals surface area (Å²) in [5.41, 5.74) is 1.65. The van der Waals surface area contributed by atoms with Crippen LogP contribution >= 0.6 is 0 Å². The molecule has 3 aromatic rings. The van der Waals surface area contributed by atoms with Crippen molar-refractivity contribution >= 4 is 22.3 Å². The molecule has 0 amide bonds. The summed E-state index contributed by atoms with van der Waals surface area (Å²) < 4.78 is 51.4. The average Bonchev–Trinajstić information content (AvgIpc) is 2.84. The molecule has 2 heterocycles. The Bertz CT molecular complexity index is 1490. The number of alkyl halides is 3. The molecular formula is C26H24F3N5O3. The second kappa shape index (κ2) is 10.3. The van der Waals surface area contributed by atoms with Gasteiger partial charge in [0.2, 0.25) is 6.36 Å². The van der Waals surface area contributed by atoms with Crippen LogP contribution in [0.3, 0.4) is 0 Å². The van der Waals surface area contributed by atoms with Crippen molar-refractivity contribution in [1.82, 2.24) is 19.9 Å². The molecule has 11 heteroatoms. The van der Waals surface area contributed by atoms with Gasteiger partial charge in [0.25, 0.3) is 11.5 Å². The Morgan fingerprint density at radius 2 is 1.97 bits per heavy atom. The number of pyridine rings is 1. The third kappa shape index (κ3) is 5.88. The highest BCUT2D eigenvalue weighted by Crippen LogP contribution is 2.29. The van der Waals surface area contributed by atoms with Gasteiger partial charge in [0.1, 0.15) is 5.75 Å². The van der Waals surface area contributed by atoms with Crippen LogP contribution in [0.4, 0.5) is 13.2 Å². The first-order valence-corrected chi connectivity index (χ1v) is 11.3. The van der Waals surface area contributed by atoms with Crippen molar-refractivity contribution in [3.63, 3.8) is 0 Å². The topological polar surface area (TPSA) is 102 Å². The van der Waals surface area contributed by atoms with Crippen LogP contribution in [0.25, 0.3) is 27.7 Å². The highest BCUT2D eigenvalue weighted by atomic mass is 19.3. The fourth-order valence-corrected chi connectivity index (χ4v) is 3.66. The van der Waals surface area contributed by atoms with Crippen LogP contribution in [-0.2, 0) is 0 Å². The number of hydrogen-bond donors (Lipinski definition) is 2. The molecular weight excluding hydrogens is 487 g/mol. The van der Waals surface area contributed by atoms with E-state index in [9.17, 15) is 18.0 Å². The number of fused-ring (bicyclic) bond motifs is 1. The fourth-order valence-electron chi connectivity index (χ4n) is 3.66. The van der Waals surface area contributed by atoms with E-state index >= 15 is 0 Å². The summed E-state index contributed by atoms with van der Waals surface area (Å²) in [6, 6.07) is 5.88.